The van der Waals surface area contributed by atoms with E-state index < -0.39 is 5.60 Å². The van der Waals surface area contributed by atoms with Crippen LogP contribution in [0.25, 0.3) is 0 Å². The molecule has 5 heteroatoms. The Balaban J connectivity index is 1.82. The van der Waals surface area contributed by atoms with Gasteiger partial charge in [-0.25, -0.2) is 0 Å². The number of carbonyl (C=O) groups excluding carboxylic acids is 1. The Bertz CT molecular complexity index is 594. The summed E-state index contributed by atoms with van der Waals surface area (Å²) < 4.78 is 0. The summed E-state index contributed by atoms with van der Waals surface area (Å²) in [6, 6.07) is 9.86. The van der Waals surface area contributed by atoms with Gasteiger partial charge in [0.15, 0.2) is 0 Å². The molecule has 0 aliphatic rings. The first kappa shape index (κ1) is 16.1. The summed E-state index contributed by atoms with van der Waals surface area (Å²) in [6.45, 7) is 3.96. The zero-order valence-corrected chi connectivity index (χ0v) is 13.8. The molecule has 1 heterocycles. The lowest BCUT2D eigenvalue weighted by atomic mass is 9.99. The molecule has 112 valence electrons. The Kier molecular flexibility index (Phi) is 5.45. The van der Waals surface area contributed by atoms with E-state index in [-0.39, 0.29) is 12.5 Å². The lowest BCUT2D eigenvalue weighted by Gasteiger charge is -2.22. The predicted octanol–water partition coefficient (Wildman–Crippen LogP) is 3.17. The highest BCUT2D eigenvalue weighted by Crippen LogP contribution is 2.23. The first-order valence-electron chi connectivity index (χ1n) is 6.69. The quantitative estimate of drug-likeness (QED) is 0.804. The summed E-state index contributed by atoms with van der Waals surface area (Å²) in [5, 5.41) is 16.9. The molecule has 0 radical (unpaired) electrons. The van der Waals surface area contributed by atoms with Crippen molar-refractivity contribution in [3.8, 4) is 0 Å². The molecular formula is C16H19NO2S2. The van der Waals surface area contributed by atoms with Crippen LogP contribution >= 0.6 is 23.1 Å². The number of nitrogens with one attached hydrogen (secondary N) is 1. The minimum Gasteiger partial charge on any atom is -0.384 e. The van der Waals surface area contributed by atoms with E-state index in [1.165, 1.54) is 28.7 Å². The Morgan fingerprint density at radius 1 is 1.38 bits per heavy atom. The number of hydrogen-bond acceptors (Lipinski definition) is 4. The molecule has 2 aromatic rings. The molecule has 1 unspecified atom stereocenters. The standard InChI is InChI=1S/C16H19NO2S2/c1-12-5-3-4-6-14(12)21-10-15(18)17-11-16(2,19)13-7-8-20-9-13/h3-9,19H,10-11H2,1-2H3,(H,17,18). The zero-order chi connectivity index (χ0) is 15.3. The molecule has 0 aliphatic heterocycles. The topological polar surface area (TPSA) is 49.3 Å². The maximum Gasteiger partial charge on any atom is 0.230 e. The molecule has 3 nitrogen and oxygen atoms in total. The summed E-state index contributed by atoms with van der Waals surface area (Å²) in [6.07, 6.45) is 0. The van der Waals surface area contributed by atoms with Crippen LogP contribution in [0.2, 0.25) is 0 Å². The highest BCUT2D eigenvalue weighted by molar-refractivity contribution is 8.00. The van der Waals surface area contributed by atoms with Crippen molar-refractivity contribution >= 4 is 29.0 Å². The van der Waals surface area contributed by atoms with Crippen molar-refractivity contribution in [1.82, 2.24) is 5.32 Å². The van der Waals surface area contributed by atoms with Crippen molar-refractivity contribution in [2.75, 3.05) is 12.3 Å². The summed E-state index contributed by atoms with van der Waals surface area (Å²) in [5.41, 5.74) is 0.975. The van der Waals surface area contributed by atoms with E-state index >= 15 is 0 Å². The van der Waals surface area contributed by atoms with Gasteiger partial charge in [-0.1, -0.05) is 18.2 Å². The fraction of sp³-hybridized carbons (Fsp3) is 0.312. The van der Waals surface area contributed by atoms with Gasteiger partial charge in [-0.05, 0) is 47.9 Å². The third-order valence-corrected chi connectivity index (χ3v) is 5.08. The second-order valence-corrected chi connectivity index (χ2v) is 6.91. The van der Waals surface area contributed by atoms with Crippen LogP contribution < -0.4 is 5.32 Å². The minimum absolute atomic E-state index is 0.0706. The van der Waals surface area contributed by atoms with Crippen LogP contribution in [0.1, 0.15) is 18.1 Å². The van der Waals surface area contributed by atoms with Gasteiger partial charge >= 0.3 is 0 Å². The Hall–Kier alpha value is -1.30. The number of rotatable bonds is 6. The van der Waals surface area contributed by atoms with Crippen molar-refractivity contribution in [2.24, 2.45) is 0 Å². The van der Waals surface area contributed by atoms with Gasteiger partial charge in [0.05, 0.1) is 12.3 Å². The second kappa shape index (κ2) is 7.11. The molecule has 1 aromatic carbocycles. The lowest BCUT2D eigenvalue weighted by Crippen LogP contribution is -2.39. The summed E-state index contributed by atoms with van der Waals surface area (Å²) >= 11 is 3.04. The smallest absolute Gasteiger partial charge is 0.230 e. The van der Waals surface area contributed by atoms with Crippen LogP contribution in [0.15, 0.2) is 46.0 Å². The molecule has 0 saturated carbocycles. The number of aryl methyl sites for hydroxylation is 1. The van der Waals surface area contributed by atoms with Gasteiger partial charge in [0.25, 0.3) is 0 Å². The number of hydrogen-bond donors (Lipinski definition) is 2. The van der Waals surface area contributed by atoms with E-state index in [2.05, 4.69) is 5.32 Å². The number of amides is 1. The Labute approximate surface area is 133 Å². The Morgan fingerprint density at radius 2 is 2.14 bits per heavy atom. The highest BCUT2D eigenvalue weighted by atomic mass is 32.2. The lowest BCUT2D eigenvalue weighted by molar-refractivity contribution is -0.119. The fourth-order valence-electron chi connectivity index (χ4n) is 1.86. The molecule has 0 bridgehead atoms. The zero-order valence-electron chi connectivity index (χ0n) is 12.1. The number of thioether (sulfide) groups is 1. The van der Waals surface area contributed by atoms with Gasteiger partial charge in [0, 0.05) is 4.90 Å². The van der Waals surface area contributed by atoms with E-state index in [1.54, 1.807) is 6.92 Å². The molecule has 0 spiro atoms. The van der Waals surface area contributed by atoms with E-state index in [1.807, 2.05) is 48.0 Å². The van der Waals surface area contributed by atoms with Crippen molar-refractivity contribution < 1.29 is 9.90 Å². The van der Waals surface area contributed by atoms with Crippen molar-refractivity contribution in [2.45, 2.75) is 24.3 Å². The third-order valence-electron chi connectivity index (χ3n) is 3.23. The summed E-state index contributed by atoms with van der Waals surface area (Å²) in [5.74, 6) is 0.281. The minimum atomic E-state index is -1.02. The summed E-state index contributed by atoms with van der Waals surface area (Å²) in [4.78, 5) is 13.0. The molecule has 0 fully saturated rings. The predicted molar refractivity (Wildman–Crippen MR) is 88.8 cm³/mol. The van der Waals surface area contributed by atoms with E-state index in [9.17, 15) is 9.90 Å². The normalized spacial score (nSPS) is 13.7. The monoisotopic (exact) mass is 321 g/mol. The molecule has 1 amide bonds. The number of carbonyl (C=O) groups is 1. The van der Waals surface area contributed by atoms with Crippen molar-refractivity contribution in [3.63, 3.8) is 0 Å². The SMILES string of the molecule is Cc1ccccc1SCC(=O)NCC(C)(O)c1ccsc1. The Morgan fingerprint density at radius 3 is 2.81 bits per heavy atom. The van der Waals surface area contributed by atoms with Gasteiger partial charge in [-0.3, -0.25) is 4.79 Å². The first-order chi connectivity index (χ1) is 9.99. The number of thiophene rings is 1. The van der Waals surface area contributed by atoms with Gasteiger partial charge in [0.2, 0.25) is 5.91 Å². The molecule has 2 N–H and O–H groups in total. The highest BCUT2D eigenvalue weighted by Gasteiger charge is 2.24. The largest absolute Gasteiger partial charge is 0.384 e. The third kappa shape index (κ3) is 4.59. The average Bonchev–Trinajstić information content (AvgIpc) is 2.99. The van der Waals surface area contributed by atoms with Crippen molar-refractivity contribution in [3.05, 3.63) is 52.2 Å². The van der Waals surface area contributed by atoms with E-state index in [0.29, 0.717) is 5.75 Å². The second-order valence-electron chi connectivity index (χ2n) is 5.12. The van der Waals surface area contributed by atoms with Crippen LogP contribution in [0.4, 0.5) is 0 Å². The van der Waals surface area contributed by atoms with Crippen LogP contribution in [0.5, 0.6) is 0 Å². The molecule has 0 aliphatic carbocycles. The maximum atomic E-state index is 11.9. The molecule has 0 saturated heterocycles. The van der Waals surface area contributed by atoms with Crippen LogP contribution in [0.3, 0.4) is 0 Å². The van der Waals surface area contributed by atoms with Gasteiger partial charge < -0.3 is 10.4 Å². The molecule has 1 atom stereocenters. The van der Waals surface area contributed by atoms with Gasteiger partial charge in [-0.2, -0.15) is 11.3 Å². The fourth-order valence-corrected chi connectivity index (χ4v) is 3.50. The maximum absolute atomic E-state index is 11.9. The molecule has 1 aromatic heterocycles. The summed E-state index contributed by atoms with van der Waals surface area (Å²) in [7, 11) is 0. The molecular weight excluding hydrogens is 302 g/mol. The van der Waals surface area contributed by atoms with E-state index in [0.717, 1.165) is 10.5 Å². The number of aliphatic hydroxyl groups is 1. The van der Waals surface area contributed by atoms with Crippen LogP contribution in [0, 0.1) is 6.92 Å². The van der Waals surface area contributed by atoms with Crippen LogP contribution in [-0.4, -0.2) is 23.3 Å². The van der Waals surface area contributed by atoms with Gasteiger partial charge in [-0.15, -0.1) is 11.8 Å². The average molecular weight is 321 g/mol. The van der Waals surface area contributed by atoms with E-state index in [4.69, 9.17) is 0 Å². The molecule has 2 rings (SSSR count). The first-order valence-corrected chi connectivity index (χ1v) is 8.62. The number of benzene rings is 1. The van der Waals surface area contributed by atoms with Crippen LogP contribution in [-0.2, 0) is 10.4 Å². The van der Waals surface area contributed by atoms with Crippen molar-refractivity contribution in [1.29, 1.82) is 0 Å². The molecule has 21 heavy (non-hydrogen) atoms. The van der Waals surface area contributed by atoms with Gasteiger partial charge in [0.1, 0.15) is 5.60 Å².